The topological polar surface area (TPSA) is 46.5 Å². The maximum atomic E-state index is 13.2. The Morgan fingerprint density at radius 2 is 1.93 bits per heavy atom. The van der Waals surface area contributed by atoms with Crippen LogP contribution < -0.4 is 4.74 Å². The normalized spacial score (nSPS) is 15.7. The molecule has 0 saturated carbocycles. The Bertz CT molecular complexity index is 1020. The molecule has 0 amide bonds. The number of carbonyl (C=O) groups is 1. The van der Waals surface area contributed by atoms with E-state index in [1.165, 1.54) is 30.3 Å². The van der Waals surface area contributed by atoms with Gasteiger partial charge in [-0.15, -0.1) is 0 Å². The van der Waals surface area contributed by atoms with Crippen LogP contribution in [0.1, 0.15) is 16.7 Å². The Morgan fingerprint density at radius 3 is 2.56 bits per heavy atom. The summed E-state index contributed by atoms with van der Waals surface area (Å²) in [5.41, 5.74) is -0.573. The van der Waals surface area contributed by atoms with Crippen molar-refractivity contribution in [2.45, 2.75) is 12.3 Å². The lowest BCUT2D eigenvalue weighted by Gasteiger charge is -2.27. The van der Waals surface area contributed by atoms with Gasteiger partial charge in [-0.3, -0.25) is 0 Å². The van der Waals surface area contributed by atoms with E-state index >= 15 is 0 Å². The van der Waals surface area contributed by atoms with Gasteiger partial charge in [0.2, 0.25) is 6.10 Å². The number of hydrogen-bond donors (Lipinski definition) is 1. The number of aliphatic carboxylic acids is 1. The minimum absolute atomic E-state index is 0.0247. The fourth-order valence-electron chi connectivity index (χ4n) is 2.49. The summed E-state index contributed by atoms with van der Waals surface area (Å²) in [6, 6.07) is 7.91. The molecule has 1 N–H and O–H groups in total. The van der Waals surface area contributed by atoms with Crippen LogP contribution in [0, 0.1) is 17.7 Å². The summed E-state index contributed by atoms with van der Waals surface area (Å²) >= 11 is 5.96. The summed E-state index contributed by atoms with van der Waals surface area (Å²) in [5.74, 6) is 2.71. The first kappa shape index (κ1) is 18.8. The monoisotopic (exact) mass is 396 g/mol. The Hall–Kier alpha value is -2.98. The van der Waals surface area contributed by atoms with E-state index in [0.29, 0.717) is 5.56 Å². The van der Waals surface area contributed by atoms with Gasteiger partial charge in [0.15, 0.2) is 0 Å². The minimum atomic E-state index is -4.94. The number of halogens is 5. The lowest BCUT2D eigenvalue weighted by molar-refractivity contribution is -0.187. The number of hydrogen-bond acceptors (Lipinski definition) is 2. The fourth-order valence-corrected chi connectivity index (χ4v) is 2.72. The van der Waals surface area contributed by atoms with Gasteiger partial charge in [0.05, 0.1) is 11.1 Å². The van der Waals surface area contributed by atoms with Gasteiger partial charge in [-0.1, -0.05) is 29.5 Å². The maximum Gasteiger partial charge on any atom is 0.430 e. The van der Waals surface area contributed by atoms with E-state index in [1.807, 2.05) is 0 Å². The van der Waals surface area contributed by atoms with Gasteiger partial charge in [0.25, 0.3) is 0 Å². The van der Waals surface area contributed by atoms with Crippen LogP contribution in [0.5, 0.6) is 5.75 Å². The number of carboxylic acids is 1. The molecule has 3 rings (SSSR count). The molecule has 1 aliphatic heterocycles. The first-order chi connectivity index (χ1) is 12.6. The molecule has 8 heteroatoms. The SMILES string of the molecule is O=C(O)C1=Cc2cc(Cl)cc(C#Cc3cccc(F)c3)c2OC1C(F)(F)F. The number of alkyl halides is 3. The van der Waals surface area contributed by atoms with Crippen LogP contribution in [0.15, 0.2) is 42.0 Å². The highest BCUT2D eigenvalue weighted by atomic mass is 35.5. The number of benzene rings is 2. The molecule has 0 aliphatic carbocycles. The molecular formula is C19H9ClF4O3. The molecule has 0 aromatic heterocycles. The molecule has 0 saturated heterocycles. The van der Waals surface area contributed by atoms with Crippen molar-refractivity contribution < 1.29 is 32.2 Å². The van der Waals surface area contributed by atoms with Crippen LogP contribution in [-0.2, 0) is 4.79 Å². The summed E-state index contributed by atoms with van der Waals surface area (Å²) in [4.78, 5) is 11.2. The second kappa shape index (κ2) is 6.97. The van der Waals surface area contributed by atoms with E-state index in [4.69, 9.17) is 21.4 Å². The molecule has 27 heavy (non-hydrogen) atoms. The van der Waals surface area contributed by atoms with E-state index < -0.39 is 29.6 Å². The maximum absolute atomic E-state index is 13.2. The predicted octanol–water partition coefficient (Wildman–Crippen LogP) is 4.67. The van der Waals surface area contributed by atoms with Crippen LogP contribution in [0.4, 0.5) is 17.6 Å². The molecular weight excluding hydrogens is 388 g/mol. The summed E-state index contributed by atoms with van der Waals surface area (Å²) in [5, 5.41) is 9.20. The van der Waals surface area contributed by atoms with E-state index in [9.17, 15) is 22.4 Å². The third kappa shape index (κ3) is 4.07. The quantitative estimate of drug-likeness (QED) is 0.563. The first-order valence-corrected chi connectivity index (χ1v) is 7.82. The molecule has 0 radical (unpaired) electrons. The standard InChI is InChI=1S/C19H9ClF4O3/c20-13-7-11(5-4-10-2-1-3-14(21)6-10)16-12(8-13)9-15(18(25)26)17(27-16)19(22,23)24/h1-3,6-9,17H,(H,25,26). The molecule has 1 aliphatic rings. The van der Waals surface area contributed by atoms with E-state index in [0.717, 1.165) is 12.1 Å². The number of carboxylic acid groups (broad SMARTS) is 1. The largest absolute Gasteiger partial charge is 0.478 e. The predicted molar refractivity (Wildman–Crippen MR) is 89.9 cm³/mol. The molecule has 1 unspecified atom stereocenters. The third-order valence-corrected chi connectivity index (χ3v) is 3.84. The van der Waals surface area contributed by atoms with Crippen molar-refractivity contribution in [3.05, 3.63) is 69.5 Å². The molecule has 0 fully saturated rings. The zero-order chi connectivity index (χ0) is 19.8. The van der Waals surface area contributed by atoms with Crippen molar-refractivity contribution in [1.82, 2.24) is 0 Å². The van der Waals surface area contributed by atoms with Crippen LogP contribution in [0.2, 0.25) is 5.02 Å². The highest BCUT2D eigenvalue weighted by Gasteiger charge is 2.48. The molecule has 1 heterocycles. The fraction of sp³-hybridized carbons (Fsp3) is 0.105. The highest BCUT2D eigenvalue weighted by molar-refractivity contribution is 6.31. The molecule has 3 nitrogen and oxygen atoms in total. The van der Waals surface area contributed by atoms with Crippen molar-refractivity contribution >= 4 is 23.6 Å². The van der Waals surface area contributed by atoms with E-state index in [1.54, 1.807) is 0 Å². The summed E-state index contributed by atoms with van der Waals surface area (Å²) in [6.45, 7) is 0. The van der Waals surface area contributed by atoms with E-state index in [-0.39, 0.29) is 21.9 Å². The Kier molecular flexibility index (Phi) is 4.85. The minimum Gasteiger partial charge on any atom is -0.478 e. The van der Waals surface area contributed by atoms with Crippen LogP contribution in [0.3, 0.4) is 0 Å². The highest BCUT2D eigenvalue weighted by Crippen LogP contribution is 2.40. The average Bonchev–Trinajstić information content (AvgIpc) is 2.57. The van der Waals surface area contributed by atoms with Gasteiger partial charge in [0, 0.05) is 16.1 Å². The zero-order valence-electron chi connectivity index (χ0n) is 13.3. The third-order valence-electron chi connectivity index (χ3n) is 3.62. The van der Waals surface area contributed by atoms with Gasteiger partial charge in [-0.2, -0.15) is 13.2 Å². The zero-order valence-corrected chi connectivity index (χ0v) is 14.0. The van der Waals surface area contributed by atoms with Crippen molar-refractivity contribution in [3.8, 4) is 17.6 Å². The molecule has 0 bridgehead atoms. The summed E-state index contributed by atoms with van der Waals surface area (Å²) < 4.78 is 57.8. The average molecular weight is 397 g/mol. The van der Waals surface area contributed by atoms with Crippen LogP contribution in [0.25, 0.3) is 6.08 Å². The van der Waals surface area contributed by atoms with Gasteiger partial charge in [-0.05, 0) is 36.4 Å². The molecule has 2 aromatic rings. The second-order valence-electron chi connectivity index (χ2n) is 5.58. The van der Waals surface area contributed by atoms with Crippen LogP contribution >= 0.6 is 11.6 Å². The van der Waals surface area contributed by atoms with Crippen molar-refractivity contribution in [3.63, 3.8) is 0 Å². The molecule has 2 aromatic carbocycles. The lowest BCUT2D eigenvalue weighted by Crippen LogP contribution is -2.40. The number of rotatable bonds is 1. The van der Waals surface area contributed by atoms with Crippen molar-refractivity contribution in [2.75, 3.05) is 0 Å². The second-order valence-corrected chi connectivity index (χ2v) is 6.01. The molecule has 1 atom stereocenters. The van der Waals surface area contributed by atoms with Gasteiger partial charge < -0.3 is 9.84 Å². The Morgan fingerprint density at radius 1 is 1.19 bits per heavy atom. The number of fused-ring (bicyclic) bond motifs is 1. The molecule has 138 valence electrons. The Balaban J connectivity index is 2.12. The summed E-state index contributed by atoms with van der Waals surface area (Å²) in [7, 11) is 0. The van der Waals surface area contributed by atoms with Gasteiger partial charge in [-0.25, -0.2) is 9.18 Å². The van der Waals surface area contributed by atoms with Crippen molar-refractivity contribution in [1.29, 1.82) is 0 Å². The Labute approximate surface area is 155 Å². The van der Waals surface area contributed by atoms with Gasteiger partial charge in [0.1, 0.15) is 11.6 Å². The molecule has 0 spiro atoms. The van der Waals surface area contributed by atoms with Crippen molar-refractivity contribution in [2.24, 2.45) is 0 Å². The summed E-state index contributed by atoms with van der Waals surface area (Å²) in [6.07, 6.45) is -6.72. The number of ether oxygens (including phenoxy) is 1. The van der Waals surface area contributed by atoms with Gasteiger partial charge >= 0.3 is 12.1 Å². The smallest absolute Gasteiger partial charge is 0.430 e. The van der Waals surface area contributed by atoms with E-state index in [2.05, 4.69) is 11.8 Å². The van der Waals surface area contributed by atoms with Crippen LogP contribution in [-0.4, -0.2) is 23.4 Å². The first-order valence-electron chi connectivity index (χ1n) is 7.44. The lowest BCUT2D eigenvalue weighted by atomic mass is 9.98.